The number of nitriles is 1. The van der Waals surface area contributed by atoms with Gasteiger partial charge in [0.1, 0.15) is 0 Å². The fourth-order valence-corrected chi connectivity index (χ4v) is 2.25. The van der Waals surface area contributed by atoms with E-state index in [4.69, 9.17) is 10.8 Å². The molecule has 0 bridgehead atoms. The van der Waals surface area contributed by atoms with Gasteiger partial charge in [-0.1, -0.05) is 24.9 Å². The maximum Gasteiger partial charge on any atom is 0.0981 e. The first kappa shape index (κ1) is 12.8. The number of hydrogen-bond acceptors (Lipinski definition) is 3. The topological polar surface area (TPSA) is 84.6 Å². The Morgan fingerprint density at radius 3 is 2.75 bits per heavy atom. The largest absolute Gasteiger partial charge is 0.302 e. The molecule has 1 unspecified atom stereocenters. The van der Waals surface area contributed by atoms with E-state index in [0.717, 1.165) is 18.8 Å². The van der Waals surface area contributed by atoms with Crippen LogP contribution < -0.4 is 5.32 Å². The van der Waals surface area contributed by atoms with Crippen molar-refractivity contribution in [3.63, 3.8) is 0 Å². The van der Waals surface area contributed by atoms with Crippen LogP contribution in [0.25, 0.3) is 10.4 Å². The molecule has 0 aromatic carbocycles. The van der Waals surface area contributed by atoms with Crippen molar-refractivity contribution in [2.24, 2.45) is 17.0 Å². The molecule has 0 aliphatic heterocycles. The highest BCUT2D eigenvalue weighted by atomic mass is 15.1. The molecule has 1 saturated carbocycles. The van der Waals surface area contributed by atoms with Crippen LogP contribution in [0.15, 0.2) is 5.11 Å². The van der Waals surface area contributed by atoms with Crippen LogP contribution in [0.1, 0.15) is 32.6 Å². The zero-order valence-corrected chi connectivity index (χ0v) is 9.76. The van der Waals surface area contributed by atoms with Crippen molar-refractivity contribution in [3.8, 4) is 6.07 Å². The molecule has 88 valence electrons. The van der Waals surface area contributed by atoms with E-state index in [1.165, 1.54) is 12.8 Å². The van der Waals surface area contributed by atoms with Crippen molar-refractivity contribution in [1.82, 2.24) is 5.32 Å². The highest BCUT2D eigenvalue weighted by Gasteiger charge is 2.25. The zero-order valence-electron chi connectivity index (χ0n) is 9.76. The van der Waals surface area contributed by atoms with E-state index >= 15 is 0 Å². The molecule has 16 heavy (non-hydrogen) atoms. The van der Waals surface area contributed by atoms with E-state index in [-0.39, 0.29) is 6.04 Å². The Bertz CT molecular complexity index is 281. The van der Waals surface area contributed by atoms with Crippen molar-refractivity contribution in [2.75, 3.05) is 13.1 Å². The minimum absolute atomic E-state index is 0.0820. The molecule has 0 heterocycles. The zero-order chi connectivity index (χ0) is 11.8. The van der Waals surface area contributed by atoms with Gasteiger partial charge in [0.05, 0.1) is 12.1 Å². The molecule has 0 aromatic heterocycles. The molecule has 5 heteroatoms. The highest BCUT2D eigenvalue weighted by molar-refractivity contribution is 4.96. The average molecular weight is 221 g/mol. The molecule has 0 saturated heterocycles. The van der Waals surface area contributed by atoms with Gasteiger partial charge in [-0.15, -0.1) is 0 Å². The summed E-state index contributed by atoms with van der Waals surface area (Å²) in [5.74, 6) is 1.27. The molecule has 1 N–H and O–H groups in total. The monoisotopic (exact) mass is 221 g/mol. The van der Waals surface area contributed by atoms with Gasteiger partial charge in [0.15, 0.2) is 0 Å². The summed E-state index contributed by atoms with van der Waals surface area (Å²) in [4.78, 5) is 2.68. The smallest absolute Gasteiger partial charge is 0.0981 e. The molecule has 0 amide bonds. The predicted octanol–water partition coefficient (Wildman–Crippen LogP) is 2.60. The van der Waals surface area contributed by atoms with E-state index in [9.17, 15) is 0 Å². The molecule has 0 aromatic rings. The van der Waals surface area contributed by atoms with Crippen LogP contribution in [0.5, 0.6) is 0 Å². The van der Waals surface area contributed by atoms with Gasteiger partial charge in [-0.2, -0.15) is 5.26 Å². The third kappa shape index (κ3) is 4.09. The van der Waals surface area contributed by atoms with Gasteiger partial charge < -0.3 is 5.32 Å². The summed E-state index contributed by atoms with van der Waals surface area (Å²) < 4.78 is 0. The van der Waals surface area contributed by atoms with Crippen molar-refractivity contribution >= 4 is 0 Å². The molecular weight excluding hydrogens is 202 g/mol. The van der Waals surface area contributed by atoms with Crippen LogP contribution in [0.3, 0.4) is 0 Å². The molecule has 1 rings (SSSR count). The summed E-state index contributed by atoms with van der Waals surface area (Å²) in [5, 5.41) is 15.7. The van der Waals surface area contributed by atoms with Crippen LogP contribution in [0, 0.1) is 23.2 Å². The Balaban J connectivity index is 2.30. The molecule has 0 radical (unpaired) electrons. The quantitative estimate of drug-likeness (QED) is 0.335. The Morgan fingerprint density at radius 1 is 1.50 bits per heavy atom. The van der Waals surface area contributed by atoms with E-state index in [0.29, 0.717) is 19.0 Å². The minimum atomic E-state index is -0.0820. The second-order valence-corrected chi connectivity index (χ2v) is 4.54. The Kier molecular flexibility index (Phi) is 5.69. The van der Waals surface area contributed by atoms with E-state index in [2.05, 4.69) is 28.3 Å². The van der Waals surface area contributed by atoms with Gasteiger partial charge in [0, 0.05) is 18.0 Å². The second kappa shape index (κ2) is 7.10. The first-order chi connectivity index (χ1) is 7.77. The summed E-state index contributed by atoms with van der Waals surface area (Å²) in [7, 11) is 0. The highest BCUT2D eigenvalue weighted by Crippen LogP contribution is 2.30. The van der Waals surface area contributed by atoms with Crippen molar-refractivity contribution < 1.29 is 0 Å². The summed E-state index contributed by atoms with van der Waals surface area (Å²) in [6.45, 7) is 3.28. The Morgan fingerprint density at radius 2 is 2.19 bits per heavy atom. The molecule has 1 aliphatic carbocycles. The fourth-order valence-electron chi connectivity index (χ4n) is 2.25. The standard InChI is InChI=1S/C11H19N5/c1-9-2-4-10(5-3-9)11(8-12)14-6-7-15-16-13/h9-11,14H,2-7H2,1H3. The van der Waals surface area contributed by atoms with E-state index in [1.807, 2.05) is 0 Å². The lowest BCUT2D eigenvalue weighted by molar-refractivity contribution is 0.257. The normalized spacial score (nSPS) is 26.5. The molecule has 5 nitrogen and oxygen atoms in total. The summed E-state index contributed by atoms with van der Waals surface area (Å²) in [6.07, 6.45) is 4.71. The number of nitrogens with zero attached hydrogens (tertiary/aromatic N) is 4. The molecular formula is C11H19N5. The summed E-state index contributed by atoms with van der Waals surface area (Å²) >= 11 is 0. The van der Waals surface area contributed by atoms with Gasteiger partial charge in [0.25, 0.3) is 0 Å². The average Bonchev–Trinajstić information content (AvgIpc) is 2.31. The predicted molar refractivity (Wildman–Crippen MR) is 62.5 cm³/mol. The number of nitrogens with one attached hydrogen (secondary N) is 1. The lowest BCUT2D eigenvalue weighted by atomic mass is 9.79. The number of rotatable bonds is 5. The first-order valence-corrected chi connectivity index (χ1v) is 5.91. The SMILES string of the molecule is CC1CCC(C(C#N)NCCN=[N+]=[N-])CC1. The molecule has 0 spiro atoms. The van der Waals surface area contributed by atoms with Gasteiger partial charge >= 0.3 is 0 Å². The summed E-state index contributed by atoms with van der Waals surface area (Å²) in [6, 6.07) is 2.24. The minimum Gasteiger partial charge on any atom is -0.302 e. The van der Waals surface area contributed by atoms with Crippen LogP contribution in [0.4, 0.5) is 0 Å². The van der Waals surface area contributed by atoms with E-state index < -0.39 is 0 Å². The van der Waals surface area contributed by atoms with Crippen molar-refractivity contribution in [3.05, 3.63) is 10.4 Å². The van der Waals surface area contributed by atoms with Gasteiger partial charge in [-0.3, -0.25) is 0 Å². The maximum absolute atomic E-state index is 9.08. The van der Waals surface area contributed by atoms with Crippen LogP contribution >= 0.6 is 0 Å². The Labute approximate surface area is 96.5 Å². The van der Waals surface area contributed by atoms with Crippen LogP contribution in [-0.2, 0) is 0 Å². The fraction of sp³-hybridized carbons (Fsp3) is 0.909. The van der Waals surface area contributed by atoms with Gasteiger partial charge in [-0.25, -0.2) is 0 Å². The third-order valence-corrected chi connectivity index (χ3v) is 3.31. The number of azide groups is 1. The van der Waals surface area contributed by atoms with Crippen molar-refractivity contribution in [1.29, 1.82) is 5.26 Å². The lowest BCUT2D eigenvalue weighted by Gasteiger charge is -2.29. The van der Waals surface area contributed by atoms with Gasteiger partial charge in [-0.05, 0) is 30.2 Å². The van der Waals surface area contributed by atoms with Crippen LogP contribution in [0.2, 0.25) is 0 Å². The lowest BCUT2D eigenvalue weighted by Crippen LogP contribution is -2.38. The third-order valence-electron chi connectivity index (χ3n) is 3.31. The van der Waals surface area contributed by atoms with Gasteiger partial charge in [0.2, 0.25) is 0 Å². The first-order valence-electron chi connectivity index (χ1n) is 5.91. The van der Waals surface area contributed by atoms with Crippen molar-refractivity contribution in [2.45, 2.75) is 38.6 Å². The number of hydrogen-bond donors (Lipinski definition) is 1. The molecule has 1 atom stereocenters. The summed E-state index contributed by atoms with van der Waals surface area (Å²) in [5.41, 5.74) is 8.13. The molecule has 1 aliphatic rings. The Hall–Kier alpha value is -1.24. The molecule has 1 fully saturated rings. The van der Waals surface area contributed by atoms with Crippen LogP contribution in [-0.4, -0.2) is 19.1 Å². The second-order valence-electron chi connectivity index (χ2n) is 4.54. The maximum atomic E-state index is 9.08. The van der Waals surface area contributed by atoms with E-state index in [1.54, 1.807) is 0 Å².